The van der Waals surface area contributed by atoms with Crippen LogP contribution >= 0.6 is 0 Å². The molecule has 88 valence electrons. The van der Waals surface area contributed by atoms with Gasteiger partial charge in [0.25, 0.3) is 0 Å². The molecule has 0 saturated carbocycles. The van der Waals surface area contributed by atoms with Crippen LogP contribution in [0.2, 0.25) is 0 Å². The molecule has 1 aromatic heterocycles. The van der Waals surface area contributed by atoms with E-state index >= 15 is 0 Å². The smallest absolute Gasteiger partial charge is 0.337 e. The number of fused-ring (bicyclic) bond motifs is 1. The van der Waals surface area contributed by atoms with E-state index in [9.17, 15) is 9.59 Å². The van der Waals surface area contributed by atoms with E-state index in [-0.39, 0.29) is 12.1 Å². The van der Waals surface area contributed by atoms with Crippen molar-refractivity contribution in [3.05, 3.63) is 36.0 Å². The first-order valence-corrected chi connectivity index (χ1v) is 5.01. The number of nitrogens with zero attached hydrogens (tertiary/aromatic N) is 1. The molecule has 1 heterocycles. The number of benzene rings is 1. The van der Waals surface area contributed by atoms with Crippen molar-refractivity contribution in [3.63, 3.8) is 0 Å². The molecule has 0 atom stereocenters. The SMILES string of the molecule is COC(=O)Cn1ccc2cccc(C(=O)O)c21. The summed E-state index contributed by atoms with van der Waals surface area (Å²) in [4.78, 5) is 22.3. The summed E-state index contributed by atoms with van der Waals surface area (Å²) in [6.45, 7) is 0.00426. The Labute approximate surface area is 97.2 Å². The number of carbonyl (C=O) groups excluding carboxylic acids is 1. The van der Waals surface area contributed by atoms with Crippen LogP contribution in [-0.4, -0.2) is 28.7 Å². The Bertz CT molecular complexity index is 585. The van der Waals surface area contributed by atoms with Crippen LogP contribution in [0.1, 0.15) is 10.4 Å². The molecule has 0 radical (unpaired) electrons. The van der Waals surface area contributed by atoms with Crippen molar-refractivity contribution < 1.29 is 19.4 Å². The molecule has 0 spiro atoms. The fraction of sp³-hybridized carbons (Fsp3) is 0.167. The second-order valence-corrected chi connectivity index (χ2v) is 3.57. The third kappa shape index (κ3) is 1.99. The first-order valence-electron chi connectivity index (χ1n) is 5.01. The van der Waals surface area contributed by atoms with E-state index in [1.807, 2.05) is 0 Å². The lowest BCUT2D eigenvalue weighted by Gasteiger charge is -2.06. The summed E-state index contributed by atoms with van der Waals surface area (Å²) >= 11 is 0. The minimum Gasteiger partial charge on any atom is -0.478 e. The van der Waals surface area contributed by atoms with Gasteiger partial charge in [-0.3, -0.25) is 4.79 Å². The highest BCUT2D eigenvalue weighted by molar-refractivity contribution is 6.02. The Morgan fingerprint density at radius 3 is 2.76 bits per heavy atom. The van der Waals surface area contributed by atoms with E-state index in [1.165, 1.54) is 13.2 Å². The van der Waals surface area contributed by atoms with E-state index in [2.05, 4.69) is 4.74 Å². The molecular weight excluding hydrogens is 222 g/mol. The predicted octanol–water partition coefficient (Wildman–Crippen LogP) is 1.51. The Hall–Kier alpha value is -2.30. The minimum atomic E-state index is -1.01. The number of carbonyl (C=O) groups is 2. The Morgan fingerprint density at radius 1 is 1.35 bits per heavy atom. The molecule has 0 bridgehead atoms. The van der Waals surface area contributed by atoms with Gasteiger partial charge in [-0.15, -0.1) is 0 Å². The van der Waals surface area contributed by atoms with Gasteiger partial charge in [0.2, 0.25) is 0 Å². The molecule has 0 saturated heterocycles. The summed E-state index contributed by atoms with van der Waals surface area (Å²) in [5.74, 6) is -1.43. The van der Waals surface area contributed by atoms with Gasteiger partial charge in [-0.05, 0) is 12.1 Å². The van der Waals surface area contributed by atoms with Gasteiger partial charge in [0.15, 0.2) is 0 Å². The molecule has 2 aromatic rings. The highest BCUT2D eigenvalue weighted by Crippen LogP contribution is 2.20. The van der Waals surface area contributed by atoms with E-state index in [0.717, 1.165) is 5.39 Å². The van der Waals surface area contributed by atoms with Gasteiger partial charge in [0.05, 0.1) is 18.2 Å². The summed E-state index contributed by atoms with van der Waals surface area (Å²) in [5.41, 5.74) is 0.710. The van der Waals surface area contributed by atoms with Crippen LogP contribution in [0.25, 0.3) is 10.9 Å². The van der Waals surface area contributed by atoms with Crippen LogP contribution in [0.3, 0.4) is 0 Å². The molecule has 1 aromatic carbocycles. The molecule has 0 unspecified atom stereocenters. The number of methoxy groups -OCH3 is 1. The molecule has 0 aliphatic heterocycles. The van der Waals surface area contributed by atoms with Crippen molar-refractivity contribution in [2.75, 3.05) is 7.11 Å². The third-order valence-corrected chi connectivity index (χ3v) is 2.55. The largest absolute Gasteiger partial charge is 0.478 e. The molecule has 17 heavy (non-hydrogen) atoms. The van der Waals surface area contributed by atoms with Crippen molar-refractivity contribution in [2.45, 2.75) is 6.54 Å². The molecule has 0 fully saturated rings. The zero-order chi connectivity index (χ0) is 12.4. The van der Waals surface area contributed by atoms with Crippen molar-refractivity contribution in [2.24, 2.45) is 0 Å². The topological polar surface area (TPSA) is 68.5 Å². The number of carboxylic acid groups (broad SMARTS) is 1. The second-order valence-electron chi connectivity index (χ2n) is 3.57. The number of hydrogen-bond acceptors (Lipinski definition) is 3. The molecule has 0 aliphatic carbocycles. The Balaban J connectivity index is 2.57. The molecule has 2 rings (SSSR count). The van der Waals surface area contributed by atoms with Crippen molar-refractivity contribution in [3.8, 4) is 0 Å². The lowest BCUT2D eigenvalue weighted by atomic mass is 10.1. The molecule has 1 N–H and O–H groups in total. The summed E-state index contributed by atoms with van der Waals surface area (Å²) < 4.78 is 6.14. The molecule has 0 amide bonds. The fourth-order valence-corrected chi connectivity index (χ4v) is 1.77. The van der Waals surface area contributed by atoms with Crippen LogP contribution in [0.5, 0.6) is 0 Å². The average Bonchev–Trinajstić information content (AvgIpc) is 2.72. The molecule has 5 nitrogen and oxygen atoms in total. The lowest BCUT2D eigenvalue weighted by molar-refractivity contribution is -0.141. The Morgan fingerprint density at radius 2 is 2.12 bits per heavy atom. The summed E-state index contributed by atoms with van der Waals surface area (Å²) in [6.07, 6.45) is 1.67. The highest BCUT2D eigenvalue weighted by Gasteiger charge is 2.13. The van der Waals surface area contributed by atoms with Crippen molar-refractivity contribution in [1.82, 2.24) is 4.57 Å². The van der Waals surface area contributed by atoms with Gasteiger partial charge in [-0.25, -0.2) is 4.79 Å². The van der Waals surface area contributed by atoms with Gasteiger partial charge in [-0.2, -0.15) is 0 Å². The van der Waals surface area contributed by atoms with Crippen LogP contribution in [0.4, 0.5) is 0 Å². The zero-order valence-corrected chi connectivity index (χ0v) is 9.21. The zero-order valence-electron chi connectivity index (χ0n) is 9.21. The van der Waals surface area contributed by atoms with E-state index in [4.69, 9.17) is 5.11 Å². The molecule has 0 aliphatic rings. The number of esters is 1. The molecular formula is C12H11NO4. The highest BCUT2D eigenvalue weighted by atomic mass is 16.5. The second kappa shape index (κ2) is 4.29. The van der Waals surface area contributed by atoms with Crippen molar-refractivity contribution >= 4 is 22.8 Å². The van der Waals surface area contributed by atoms with Crippen LogP contribution in [-0.2, 0) is 16.1 Å². The van der Waals surface area contributed by atoms with Gasteiger partial charge in [-0.1, -0.05) is 12.1 Å². The maximum Gasteiger partial charge on any atom is 0.337 e. The normalized spacial score (nSPS) is 10.4. The van der Waals surface area contributed by atoms with E-state index in [1.54, 1.807) is 29.0 Å². The first kappa shape index (κ1) is 11.2. The van der Waals surface area contributed by atoms with Crippen molar-refractivity contribution in [1.29, 1.82) is 0 Å². The predicted molar refractivity (Wildman–Crippen MR) is 60.9 cm³/mol. The number of ether oxygens (including phenoxy) is 1. The van der Waals surface area contributed by atoms with Crippen LogP contribution in [0.15, 0.2) is 30.5 Å². The standard InChI is InChI=1S/C12H11NO4/c1-17-10(14)7-13-6-5-8-3-2-4-9(11(8)13)12(15)16/h2-6H,7H2,1H3,(H,15,16). The third-order valence-electron chi connectivity index (χ3n) is 2.55. The van der Waals surface area contributed by atoms with Gasteiger partial charge in [0.1, 0.15) is 6.54 Å². The number of rotatable bonds is 3. The number of aromatic nitrogens is 1. The van der Waals surface area contributed by atoms with Gasteiger partial charge in [0, 0.05) is 11.6 Å². The maximum atomic E-state index is 11.2. The quantitative estimate of drug-likeness (QED) is 0.816. The van der Waals surface area contributed by atoms with Crippen LogP contribution in [0, 0.1) is 0 Å². The Kier molecular flexibility index (Phi) is 2.82. The average molecular weight is 233 g/mol. The van der Waals surface area contributed by atoms with E-state index in [0.29, 0.717) is 5.52 Å². The van der Waals surface area contributed by atoms with Crippen LogP contribution < -0.4 is 0 Å². The van der Waals surface area contributed by atoms with Gasteiger partial charge >= 0.3 is 11.9 Å². The monoisotopic (exact) mass is 233 g/mol. The fourth-order valence-electron chi connectivity index (χ4n) is 1.77. The summed E-state index contributed by atoms with van der Waals surface area (Å²) in [5, 5.41) is 9.87. The maximum absolute atomic E-state index is 11.2. The summed E-state index contributed by atoms with van der Waals surface area (Å²) in [7, 11) is 1.30. The van der Waals surface area contributed by atoms with E-state index < -0.39 is 11.9 Å². The minimum absolute atomic E-state index is 0.00426. The number of aromatic carboxylic acids is 1. The summed E-state index contributed by atoms with van der Waals surface area (Å²) in [6, 6.07) is 6.76. The number of hydrogen-bond donors (Lipinski definition) is 1. The number of carboxylic acids is 1. The molecule has 5 heteroatoms. The number of para-hydroxylation sites is 1. The van der Waals surface area contributed by atoms with Gasteiger partial charge < -0.3 is 14.4 Å². The first-order chi connectivity index (χ1) is 8.13. The lowest BCUT2D eigenvalue weighted by Crippen LogP contribution is -2.12.